The van der Waals surface area contributed by atoms with Crippen molar-refractivity contribution in [3.63, 3.8) is 0 Å². The summed E-state index contributed by atoms with van der Waals surface area (Å²) in [4.78, 5) is 0. The molecule has 0 fully saturated rings. The molecular weight excluding hydrogens is 380 g/mol. The van der Waals surface area contributed by atoms with Crippen LogP contribution in [0.1, 0.15) is 12.8 Å². The van der Waals surface area contributed by atoms with Gasteiger partial charge in [0.25, 0.3) is 0 Å². The van der Waals surface area contributed by atoms with Crippen molar-refractivity contribution in [1.82, 2.24) is 10.6 Å². The number of rotatable bonds is 18. The van der Waals surface area contributed by atoms with Crippen LogP contribution in [-0.2, 0) is 13.6 Å². The van der Waals surface area contributed by atoms with Crippen molar-refractivity contribution in [2.75, 3.05) is 53.6 Å². The minimum absolute atomic E-state index is 0.382. The highest BCUT2D eigenvalue weighted by molar-refractivity contribution is 6.84. The van der Waals surface area contributed by atoms with Gasteiger partial charge in [-0.1, -0.05) is 0 Å². The molecule has 9 heteroatoms. The summed E-state index contributed by atoms with van der Waals surface area (Å²) >= 11 is 0. The highest BCUT2D eigenvalue weighted by Crippen LogP contribution is 2.23. The van der Waals surface area contributed by atoms with Gasteiger partial charge in [0.1, 0.15) is 0 Å². The lowest BCUT2D eigenvalue weighted by Gasteiger charge is -2.34. The standard InChI is InChI=1S/C18H44N2O5Si2/c1-19-13-17(21)15-23-9-7-11-26(3,4)25-27(5,6)12-8-10-24-16-18(22)14-20-2/h17-22H,7-16H2,1-6H3. The van der Waals surface area contributed by atoms with Gasteiger partial charge in [-0.05, 0) is 65.2 Å². The van der Waals surface area contributed by atoms with Crippen molar-refractivity contribution in [2.45, 2.75) is 63.3 Å². The molecule has 0 rings (SSSR count). The summed E-state index contributed by atoms with van der Waals surface area (Å²) in [6, 6.07) is 2.14. The summed E-state index contributed by atoms with van der Waals surface area (Å²) < 4.78 is 17.7. The summed E-state index contributed by atoms with van der Waals surface area (Å²) in [5, 5.41) is 25.1. The first-order valence-electron chi connectivity index (χ1n) is 10.1. The molecule has 0 heterocycles. The molecule has 2 unspecified atom stereocenters. The van der Waals surface area contributed by atoms with E-state index in [4.69, 9.17) is 13.6 Å². The van der Waals surface area contributed by atoms with E-state index in [9.17, 15) is 10.2 Å². The first kappa shape index (κ1) is 27.2. The molecule has 0 amide bonds. The normalized spacial score (nSPS) is 15.1. The molecule has 2 atom stereocenters. The Morgan fingerprint density at radius 3 is 1.44 bits per heavy atom. The Balaban J connectivity index is 3.91. The molecule has 0 bridgehead atoms. The maximum atomic E-state index is 9.61. The van der Waals surface area contributed by atoms with Crippen LogP contribution in [0.3, 0.4) is 0 Å². The minimum atomic E-state index is -1.71. The zero-order valence-electron chi connectivity index (χ0n) is 18.3. The summed E-state index contributed by atoms with van der Waals surface area (Å²) in [6.45, 7) is 12.3. The molecular formula is C18H44N2O5Si2. The molecule has 0 aromatic carbocycles. The molecule has 4 N–H and O–H groups in total. The lowest BCUT2D eigenvalue weighted by atomic mass is 10.4. The molecule has 0 spiro atoms. The monoisotopic (exact) mass is 424 g/mol. The fraction of sp³-hybridized carbons (Fsp3) is 1.00. The minimum Gasteiger partial charge on any atom is -0.455 e. The van der Waals surface area contributed by atoms with Crippen LogP contribution in [0, 0.1) is 0 Å². The smallest absolute Gasteiger partial charge is 0.173 e. The first-order chi connectivity index (χ1) is 12.6. The highest BCUT2D eigenvalue weighted by atomic mass is 28.4. The molecule has 0 radical (unpaired) electrons. The molecule has 7 nitrogen and oxygen atoms in total. The number of aliphatic hydroxyl groups is 2. The molecule has 27 heavy (non-hydrogen) atoms. The second kappa shape index (κ2) is 15.1. The second-order valence-electron chi connectivity index (χ2n) is 8.40. The number of hydrogen-bond donors (Lipinski definition) is 4. The Kier molecular flexibility index (Phi) is 15.1. The third kappa shape index (κ3) is 16.8. The third-order valence-corrected chi connectivity index (χ3v) is 11.7. The van der Waals surface area contributed by atoms with Gasteiger partial charge >= 0.3 is 0 Å². The molecule has 0 aromatic heterocycles. The average Bonchev–Trinajstić information content (AvgIpc) is 2.53. The van der Waals surface area contributed by atoms with Gasteiger partial charge in [-0.15, -0.1) is 0 Å². The van der Waals surface area contributed by atoms with Crippen molar-refractivity contribution in [3.8, 4) is 0 Å². The fourth-order valence-electron chi connectivity index (χ4n) is 3.08. The lowest BCUT2D eigenvalue weighted by Crippen LogP contribution is -2.44. The van der Waals surface area contributed by atoms with E-state index in [1.165, 1.54) is 0 Å². The Bertz CT molecular complexity index is 331. The van der Waals surface area contributed by atoms with Crippen LogP contribution in [0.4, 0.5) is 0 Å². The summed E-state index contributed by atoms with van der Waals surface area (Å²) in [5.74, 6) is 0. The average molecular weight is 425 g/mol. The van der Waals surface area contributed by atoms with E-state index in [1.807, 2.05) is 14.1 Å². The largest absolute Gasteiger partial charge is 0.455 e. The SMILES string of the molecule is CNCC(O)COCCC[Si](C)(C)O[Si](C)(C)CCCOCC(O)CNC. The van der Waals surface area contributed by atoms with Crippen LogP contribution in [0.5, 0.6) is 0 Å². The van der Waals surface area contributed by atoms with Crippen LogP contribution in [-0.4, -0.2) is 92.7 Å². The Hall–Kier alpha value is 0.154. The van der Waals surface area contributed by atoms with Gasteiger partial charge < -0.3 is 34.4 Å². The predicted molar refractivity (Wildman–Crippen MR) is 116 cm³/mol. The molecule has 0 aliphatic heterocycles. The first-order valence-corrected chi connectivity index (χ1v) is 16.4. The van der Waals surface area contributed by atoms with Crippen LogP contribution in [0.25, 0.3) is 0 Å². The third-order valence-electron chi connectivity index (χ3n) is 4.19. The number of hydrogen-bond acceptors (Lipinski definition) is 7. The van der Waals surface area contributed by atoms with Gasteiger partial charge in [0.2, 0.25) is 0 Å². The van der Waals surface area contributed by atoms with Crippen LogP contribution < -0.4 is 10.6 Å². The number of nitrogens with one attached hydrogen (secondary N) is 2. The van der Waals surface area contributed by atoms with Gasteiger partial charge in [-0.3, -0.25) is 0 Å². The Labute approximate surface area is 168 Å². The van der Waals surface area contributed by atoms with E-state index in [1.54, 1.807) is 0 Å². The fourth-order valence-corrected chi connectivity index (χ4v) is 11.9. The molecule has 164 valence electrons. The van der Waals surface area contributed by atoms with E-state index in [0.717, 1.165) is 24.9 Å². The summed E-state index contributed by atoms with van der Waals surface area (Å²) in [7, 11) is 0.218. The summed E-state index contributed by atoms with van der Waals surface area (Å²) in [6.07, 6.45) is 1.07. The van der Waals surface area contributed by atoms with E-state index in [-0.39, 0.29) is 0 Å². The van der Waals surface area contributed by atoms with Crippen molar-refractivity contribution in [2.24, 2.45) is 0 Å². The lowest BCUT2D eigenvalue weighted by molar-refractivity contribution is 0.0379. The van der Waals surface area contributed by atoms with Gasteiger partial charge in [0.05, 0.1) is 25.4 Å². The second-order valence-corrected chi connectivity index (χ2v) is 17.3. The zero-order valence-corrected chi connectivity index (χ0v) is 20.3. The Morgan fingerprint density at radius 1 is 0.741 bits per heavy atom. The van der Waals surface area contributed by atoms with Gasteiger partial charge in [0.15, 0.2) is 16.6 Å². The van der Waals surface area contributed by atoms with Crippen LogP contribution >= 0.6 is 0 Å². The van der Waals surface area contributed by atoms with Gasteiger partial charge in [-0.25, -0.2) is 0 Å². The van der Waals surface area contributed by atoms with Crippen molar-refractivity contribution in [1.29, 1.82) is 0 Å². The quantitative estimate of drug-likeness (QED) is 0.195. The van der Waals surface area contributed by atoms with Crippen molar-refractivity contribution >= 4 is 16.6 Å². The molecule has 0 aliphatic rings. The summed E-state index contributed by atoms with van der Waals surface area (Å²) in [5.41, 5.74) is 0. The van der Waals surface area contributed by atoms with E-state index >= 15 is 0 Å². The maximum Gasteiger partial charge on any atom is 0.173 e. The van der Waals surface area contributed by atoms with E-state index in [2.05, 4.69) is 36.8 Å². The van der Waals surface area contributed by atoms with E-state index in [0.29, 0.717) is 39.5 Å². The topological polar surface area (TPSA) is 92.2 Å². The van der Waals surface area contributed by atoms with Crippen LogP contribution in [0.15, 0.2) is 0 Å². The molecule has 0 aromatic rings. The van der Waals surface area contributed by atoms with Crippen molar-refractivity contribution < 1.29 is 23.8 Å². The van der Waals surface area contributed by atoms with E-state index < -0.39 is 28.8 Å². The number of aliphatic hydroxyl groups excluding tert-OH is 2. The zero-order chi connectivity index (χ0) is 20.8. The number of ether oxygens (including phenoxy) is 2. The van der Waals surface area contributed by atoms with Gasteiger partial charge in [0, 0.05) is 26.3 Å². The number of likely N-dealkylation sites (N-methyl/N-ethyl adjacent to an activating group) is 2. The Morgan fingerprint density at radius 2 is 1.11 bits per heavy atom. The van der Waals surface area contributed by atoms with Crippen LogP contribution in [0.2, 0.25) is 38.3 Å². The van der Waals surface area contributed by atoms with Crippen molar-refractivity contribution in [3.05, 3.63) is 0 Å². The molecule has 0 saturated carbocycles. The maximum absolute atomic E-state index is 9.61. The molecule has 0 saturated heterocycles. The highest BCUT2D eigenvalue weighted by Gasteiger charge is 2.32. The van der Waals surface area contributed by atoms with Gasteiger partial charge in [-0.2, -0.15) is 0 Å². The predicted octanol–water partition coefficient (Wildman–Crippen LogP) is 1.39. The molecule has 0 aliphatic carbocycles.